The van der Waals surface area contributed by atoms with Crippen molar-refractivity contribution in [1.29, 1.82) is 0 Å². The second-order valence-corrected chi connectivity index (χ2v) is 8.71. The van der Waals surface area contributed by atoms with E-state index in [1.54, 1.807) is 18.2 Å². The highest BCUT2D eigenvalue weighted by molar-refractivity contribution is 8.00. The van der Waals surface area contributed by atoms with Gasteiger partial charge in [-0.15, -0.1) is 11.8 Å². The first-order chi connectivity index (χ1) is 14.4. The van der Waals surface area contributed by atoms with E-state index in [-0.39, 0.29) is 11.7 Å². The molecule has 0 saturated carbocycles. The molecule has 3 N–H and O–H groups in total. The fraction of sp³-hybridized carbons (Fsp3) is 0.0909. The molecule has 0 saturated heterocycles. The summed E-state index contributed by atoms with van der Waals surface area (Å²) >= 11 is 18.7. The lowest BCUT2D eigenvalue weighted by Gasteiger charge is -2.12. The Labute approximate surface area is 195 Å². The molecule has 0 spiro atoms. The molecule has 0 fully saturated rings. The molecule has 3 aromatic carbocycles. The van der Waals surface area contributed by atoms with Crippen molar-refractivity contribution in [2.45, 2.75) is 11.8 Å². The first-order valence-corrected chi connectivity index (χ1v) is 11.2. The fourth-order valence-electron chi connectivity index (χ4n) is 2.51. The molecule has 0 aromatic heterocycles. The van der Waals surface area contributed by atoms with Crippen LogP contribution in [0.5, 0.6) is 0 Å². The molecule has 0 aliphatic rings. The van der Waals surface area contributed by atoms with Crippen molar-refractivity contribution in [1.82, 2.24) is 0 Å². The van der Waals surface area contributed by atoms with Crippen LogP contribution in [0.2, 0.25) is 10.0 Å². The molecular formula is C22H19Cl2N3OS2. The zero-order valence-corrected chi connectivity index (χ0v) is 19.2. The molecule has 0 radical (unpaired) electrons. The van der Waals surface area contributed by atoms with Gasteiger partial charge >= 0.3 is 0 Å². The van der Waals surface area contributed by atoms with Crippen LogP contribution >= 0.6 is 47.2 Å². The maximum atomic E-state index is 12.2. The normalized spacial score (nSPS) is 10.4. The predicted molar refractivity (Wildman–Crippen MR) is 133 cm³/mol. The Hall–Kier alpha value is -2.25. The summed E-state index contributed by atoms with van der Waals surface area (Å²) in [5.41, 5.74) is 3.56. The third-order valence-electron chi connectivity index (χ3n) is 3.97. The van der Waals surface area contributed by atoms with Crippen molar-refractivity contribution in [3.05, 3.63) is 82.3 Å². The van der Waals surface area contributed by atoms with Crippen LogP contribution in [0.3, 0.4) is 0 Å². The van der Waals surface area contributed by atoms with E-state index in [1.165, 1.54) is 17.3 Å². The van der Waals surface area contributed by atoms with Crippen molar-refractivity contribution in [2.24, 2.45) is 0 Å². The monoisotopic (exact) mass is 475 g/mol. The second-order valence-electron chi connectivity index (χ2n) is 6.44. The summed E-state index contributed by atoms with van der Waals surface area (Å²) in [5, 5.41) is 10.5. The fourth-order valence-corrected chi connectivity index (χ4v) is 3.80. The van der Waals surface area contributed by atoms with Gasteiger partial charge in [-0.1, -0.05) is 47.0 Å². The van der Waals surface area contributed by atoms with Gasteiger partial charge in [-0.3, -0.25) is 4.79 Å². The van der Waals surface area contributed by atoms with Gasteiger partial charge in [0, 0.05) is 22.0 Å². The number of benzene rings is 3. The lowest BCUT2D eigenvalue weighted by Crippen LogP contribution is -2.19. The first-order valence-electron chi connectivity index (χ1n) is 9.01. The van der Waals surface area contributed by atoms with Crippen LogP contribution in [0.25, 0.3) is 0 Å². The van der Waals surface area contributed by atoms with Gasteiger partial charge in [-0.2, -0.15) is 0 Å². The molecule has 8 heteroatoms. The summed E-state index contributed by atoms with van der Waals surface area (Å²) in [6, 6.07) is 20.7. The third kappa shape index (κ3) is 6.92. The van der Waals surface area contributed by atoms with E-state index < -0.39 is 0 Å². The maximum Gasteiger partial charge on any atom is 0.234 e. The molecule has 1 amide bonds. The van der Waals surface area contributed by atoms with Gasteiger partial charge < -0.3 is 16.0 Å². The van der Waals surface area contributed by atoms with Crippen molar-refractivity contribution in [3.8, 4) is 0 Å². The quantitative estimate of drug-likeness (QED) is 0.269. The summed E-state index contributed by atoms with van der Waals surface area (Å²) in [6.45, 7) is 2.04. The number of rotatable bonds is 6. The minimum absolute atomic E-state index is 0.131. The van der Waals surface area contributed by atoms with Gasteiger partial charge in [0.15, 0.2) is 5.11 Å². The van der Waals surface area contributed by atoms with Crippen molar-refractivity contribution < 1.29 is 4.79 Å². The van der Waals surface area contributed by atoms with Crippen LogP contribution in [0.4, 0.5) is 17.1 Å². The number of thioether (sulfide) groups is 1. The molecule has 30 heavy (non-hydrogen) atoms. The number of carbonyl (C=O) groups excluding carboxylic acids is 1. The van der Waals surface area contributed by atoms with Gasteiger partial charge in [-0.25, -0.2) is 0 Å². The SMILES string of the molecule is Cc1ccc(NC(=S)Nc2cccc(SCC(=O)Nc3ccc(Cl)c(Cl)c3)c2)cc1. The van der Waals surface area contributed by atoms with Gasteiger partial charge in [-0.05, 0) is 67.7 Å². The van der Waals surface area contributed by atoms with Crippen LogP contribution in [0.15, 0.2) is 71.6 Å². The summed E-state index contributed by atoms with van der Waals surface area (Å²) in [4.78, 5) is 13.2. The minimum Gasteiger partial charge on any atom is -0.332 e. The summed E-state index contributed by atoms with van der Waals surface area (Å²) < 4.78 is 0. The molecule has 3 rings (SSSR count). The Morgan fingerprint density at radius 1 is 0.867 bits per heavy atom. The smallest absolute Gasteiger partial charge is 0.234 e. The number of anilines is 3. The van der Waals surface area contributed by atoms with Crippen LogP contribution in [0, 0.1) is 6.92 Å². The van der Waals surface area contributed by atoms with Crippen LogP contribution < -0.4 is 16.0 Å². The maximum absolute atomic E-state index is 12.2. The van der Waals surface area contributed by atoms with Gasteiger partial charge in [0.2, 0.25) is 5.91 Å². The van der Waals surface area contributed by atoms with Gasteiger partial charge in [0.1, 0.15) is 0 Å². The number of thiocarbonyl (C=S) groups is 1. The lowest BCUT2D eigenvalue weighted by molar-refractivity contribution is -0.113. The van der Waals surface area contributed by atoms with Crippen LogP contribution in [0.1, 0.15) is 5.56 Å². The molecule has 0 atom stereocenters. The highest BCUT2D eigenvalue weighted by atomic mass is 35.5. The highest BCUT2D eigenvalue weighted by Crippen LogP contribution is 2.26. The van der Waals surface area contributed by atoms with E-state index >= 15 is 0 Å². The largest absolute Gasteiger partial charge is 0.332 e. The molecule has 0 aliphatic heterocycles. The number of nitrogens with one attached hydrogen (secondary N) is 3. The first kappa shape index (κ1) is 22.4. The van der Waals surface area contributed by atoms with E-state index in [0.29, 0.717) is 20.8 Å². The summed E-state index contributed by atoms with van der Waals surface area (Å²) in [6.07, 6.45) is 0. The molecule has 4 nitrogen and oxygen atoms in total. The van der Waals surface area contributed by atoms with Crippen LogP contribution in [-0.4, -0.2) is 16.8 Å². The number of amides is 1. The number of aryl methyl sites for hydroxylation is 1. The molecular weight excluding hydrogens is 457 g/mol. The molecule has 0 heterocycles. The third-order valence-corrected chi connectivity index (χ3v) is 5.91. The number of carbonyl (C=O) groups is 1. The van der Waals surface area contributed by atoms with Crippen LogP contribution in [-0.2, 0) is 4.79 Å². The Balaban J connectivity index is 1.52. The van der Waals surface area contributed by atoms with Crippen molar-refractivity contribution >= 4 is 75.3 Å². The van der Waals surface area contributed by atoms with E-state index in [4.69, 9.17) is 35.4 Å². The molecule has 3 aromatic rings. The second kappa shape index (κ2) is 10.7. The summed E-state index contributed by atoms with van der Waals surface area (Å²) in [7, 11) is 0. The molecule has 0 bridgehead atoms. The summed E-state index contributed by atoms with van der Waals surface area (Å²) in [5.74, 6) is 0.128. The minimum atomic E-state index is -0.131. The number of halogens is 2. The Morgan fingerprint density at radius 3 is 2.27 bits per heavy atom. The topological polar surface area (TPSA) is 53.2 Å². The van der Waals surface area contributed by atoms with Gasteiger partial charge in [0.25, 0.3) is 0 Å². The van der Waals surface area contributed by atoms with Gasteiger partial charge in [0.05, 0.1) is 15.8 Å². The molecule has 0 unspecified atom stereocenters. The standard InChI is InChI=1S/C22H19Cl2N3OS2/c1-14-5-7-15(8-6-14)26-22(29)27-16-3-2-4-18(11-16)30-13-21(28)25-17-9-10-19(23)20(24)12-17/h2-12H,13H2,1H3,(H,25,28)(H2,26,27,29). The lowest BCUT2D eigenvalue weighted by atomic mass is 10.2. The average Bonchev–Trinajstić information content (AvgIpc) is 2.71. The van der Waals surface area contributed by atoms with E-state index in [0.717, 1.165) is 16.3 Å². The molecule has 0 aliphatic carbocycles. The highest BCUT2D eigenvalue weighted by Gasteiger charge is 2.07. The number of hydrogen-bond donors (Lipinski definition) is 3. The van der Waals surface area contributed by atoms with E-state index in [2.05, 4.69) is 16.0 Å². The van der Waals surface area contributed by atoms with E-state index in [9.17, 15) is 4.79 Å². The zero-order chi connectivity index (χ0) is 21.5. The number of hydrogen-bond acceptors (Lipinski definition) is 3. The van der Waals surface area contributed by atoms with Crippen molar-refractivity contribution in [3.63, 3.8) is 0 Å². The van der Waals surface area contributed by atoms with E-state index in [1.807, 2.05) is 55.5 Å². The Morgan fingerprint density at radius 2 is 1.53 bits per heavy atom. The Kier molecular flexibility index (Phi) is 7.99. The predicted octanol–water partition coefficient (Wildman–Crippen LogP) is 6.84. The average molecular weight is 476 g/mol. The Bertz CT molecular complexity index is 1060. The van der Waals surface area contributed by atoms with Crippen molar-refractivity contribution in [2.75, 3.05) is 21.7 Å². The molecule has 154 valence electrons. The zero-order valence-electron chi connectivity index (χ0n) is 16.0.